The molecule has 0 aromatic carbocycles. The summed E-state index contributed by atoms with van der Waals surface area (Å²) in [5.74, 6) is -1.33. The number of pyridine rings is 1. The summed E-state index contributed by atoms with van der Waals surface area (Å²) in [6, 6.07) is 4.33. The van der Waals surface area contributed by atoms with Crippen molar-refractivity contribution in [3.8, 4) is 6.07 Å². The third kappa shape index (κ3) is 4.07. The number of ether oxygens (including phenoxy) is 1. The Balaban J connectivity index is 2.81. The molecule has 0 unspecified atom stereocenters. The summed E-state index contributed by atoms with van der Waals surface area (Å²) in [4.78, 5) is 27.4. The zero-order chi connectivity index (χ0) is 14.3. The molecule has 2 atom stereocenters. The van der Waals surface area contributed by atoms with Gasteiger partial charge in [0.2, 0.25) is 0 Å². The number of nitrogens with one attached hydrogen (secondary N) is 1. The predicted molar refractivity (Wildman–Crippen MR) is 66.9 cm³/mol. The highest BCUT2D eigenvalue weighted by Crippen LogP contribution is 2.10. The summed E-state index contributed by atoms with van der Waals surface area (Å²) >= 11 is 0. The Morgan fingerprint density at radius 2 is 2.32 bits per heavy atom. The first-order valence-corrected chi connectivity index (χ1v) is 5.75. The molecule has 0 aliphatic rings. The monoisotopic (exact) mass is 261 g/mol. The first kappa shape index (κ1) is 14.6. The van der Waals surface area contributed by atoms with E-state index in [2.05, 4.69) is 15.0 Å². The quantitative estimate of drug-likeness (QED) is 0.795. The van der Waals surface area contributed by atoms with E-state index >= 15 is 0 Å². The lowest BCUT2D eigenvalue weighted by Crippen LogP contribution is -2.45. The van der Waals surface area contributed by atoms with Gasteiger partial charge < -0.3 is 10.1 Å². The summed E-state index contributed by atoms with van der Waals surface area (Å²) < 4.78 is 4.64. The average Bonchev–Trinajstić information content (AvgIpc) is 2.44. The Labute approximate surface area is 111 Å². The van der Waals surface area contributed by atoms with Crippen LogP contribution < -0.4 is 5.32 Å². The van der Waals surface area contributed by atoms with E-state index < -0.39 is 17.9 Å². The summed E-state index contributed by atoms with van der Waals surface area (Å²) in [5, 5.41) is 11.2. The van der Waals surface area contributed by atoms with Gasteiger partial charge in [0.05, 0.1) is 18.7 Å². The number of rotatable bonds is 5. The molecule has 0 radical (unpaired) electrons. The molecule has 0 aliphatic heterocycles. The van der Waals surface area contributed by atoms with Gasteiger partial charge in [-0.3, -0.25) is 9.78 Å². The second kappa shape index (κ2) is 7.11. The molecule has 1 aromatic heterocycles. The van der Waals surface area contributed by atoms with Crippen LogP contribution in [0.15, 0.2) is 24.5 Å². The van der Waals surface area contributed by atoms with Gasteiger partial charge in [-0.1, -0.05) is 6.92 Å². The van der Waals surface area contributed by atoms with Crippen LogP contribution in [0.1, 0.15) is 23.7 Å². The first-order chi connectivity index (χ1) is 9.10. The molecule has 1 rings (SSSR count). The SMILES string of the molecule is COC(=O)[C@H](NC(=O)c1cccnc1)[C@@H](C)CC#N. The Morgan fingerprint density at radius 1 is 1.58 bits per heavy atom. The summed E-state index contributed by atoms with van der Waals surface area (Å²) in [6.07, 6.45) is 3.10. The highest BCUT2D eigenvalue weighted by Gasteiger charge is 2.27. The minimum Gasteiger partial charge on any atom is -0.467 e. The van der Waals surface area contributed by atoms with Crippen molar-refractivity contribution in [2.75, 3.05) is 7.11 Å². The maximum atomic E-state index is 11.9. The standard InChI is InChI=1S/C13H15N3O3/c1-9(5-6-14)11(13(18)19-2)16-12(17)10-4-3-7-15-8-10/h3-4,7-9,11H,5H2,1-2H3,(H,16,17)/t9-,11+/m0/s1. The van der Waals surface area contributed by atoms with Crippen molar-refractivity contribution in [1.29, 1.82) is 5.26 Å². The van der Waals surface area contributed by atoms with Crippen LogP contribution >= 0.6 is 0 Å². The molecule has 0 spiro atoms. The fraction of sp³-hybridized carbons (Fsp3) is 0.385. The number of hydrogen-bond donors (Lipinski definition) is 1. The van der Waals surface area contributed by atoms with Crippen LogP contribution in [0.5, 0.6) is 0 Å². The van der Waals surface area contributed by atoms with Gasteiger partial charge in [0.15, 0.2) is 0 Å². The zero-order valence-electron chi connectivity index (χ0n) is 10.8. The predicted octanol–water partition coefficient (Wildman–Crippen LogP) is 0.903. The minimum absolute atomic E-state index is 0.146. The Bertz CT molecular complexity index is 482. The van der Waals surface area contributed by atoms with E-state index in [1.807, 2.05) is 6.07 Å². The van der Waals surface area contributed by atoms with Gasteiger partial charge in [0.1, 0.15) is 6.04 Å². The number of methoxy groups -OCH3 is 1. The van der Waals surface area contributed by atoms with Crippen LogP contribution in [-0.4, -0.2) is 30.0 Å². The van der Waals surface area contributed by atoms with Gasteiger partial charge in [-0.25, -0.2) is 4.79 Å². The highest BCUT2D eigenvalue weighted by atomic mass is 16.5. The van der Waals surface area contributed by atoms with Crippen molar-refractivity contribution < 1.29 is 14.3 Å². The van der Waals surface area contributed by atoms with Gasteiger partial charge >= 0.3 is 5.97 Å². The van der Waals surface area contributed by atoms with Gasteiger partial charge in [0, 0.05) is 24.7 Å². The summed E-state index contributed by atoms with van der Waals surface area (Å²) in [7, 11) is 1.24. The molecule has 0 aliphatic carbocycles. The van der Waals surface area contributed by atoms with Crippen molar-refractivity contribution in [3.63, 3.8) is 0 Å². The largest absolute Gasteiger partial charge is 0.467 e. The van der Waals surface area contributed by atoms with E-state index in [1.54, 1.807) is 25.3 Å². The third-order valence-electron chi connectivity index (χ3n) is 2.65. The van der Waals surface area contributed by atoms with Crippen molar-refractivity contribution in [2.24, 2.45) is 5.92 Å². The molecule has 1 N–H and O–H groups in total. The van der Waals surface area contributed by atoms with Gasteiger partial charge in [-0.2, -0.15) is 5.26 Å². The second-order valence-corrected chi connectivity index (χ2v) is 4.06. The molecule has 19 heavy (non-hydrogen) atoms. The number of carbonyl (C=O) groups is 2. The maximum Gasteiger partial charge on any atom is 0.328 e. The molecule has 100 valence electrons. The van der Waals surface area contributed by atoms with E-state index in [0.29, 0.717) is 5.56 Å². The molecule has 0 saturated heterocycles. The van der Waals surface area contributed by atoms with Gasteiger partial charge in [-0.05, 0) is 12.1 Å². The first-order valence-electron chi connectivity index (χ1n) is 5.75. The smallest absolute Gasteiger partial charge is 0.328 e. The normalized spacial score (nSPS) is 12.9. The van der Waals surface area contributed by atoms with E-state index in [1.165, 1.54) is 13.3 Å². The number of esters is 1. The average molecular weight is 261 g/mol. The Hall–Kier alpha value is -2.42. The number of amides is 1. The number of aromatic nitrogens is 1. The fourth-order valence-corrected chi connectivity index (χ4v) is 1.54. The lowest BCUT2D eigenvalue weighted by Gasteiger charge is -2.20. The van der Waals surface area contributed by atoms with E-state index in [4.69, 9.17) is 5.26 Å². The zero-order valence-corrected chi connectivity index (χ0v) is 10.8. The van der Waals surface area contributed by atoms with Crippen LogP contribution in [0.2, 0.25) is 0 Å². The van der Waals surface area contributed by atoms with Gasteiger partial charge in [0.25, 0.3) is 5.91 Å². The third-order valence-corrected chi connectivity index (χ3v) is 2.65. The summed E-state index contributed by atoms with van der Waals surface area (Å²) in [5.41, 5.74) is 0.348. The number of nitrogens with zero attached hydrogens (tertiary/aromatic N) is 2. The lowest BCUT2D eigenvalue weighted by atomic mass is 9.98. The van der Waals surface area contributed by atoms with E-state index in [9.17, 15) is 9.59 Å². The maximum absolute atomic E-state index is 11.9. The molecule has 6 nitrogen and oxygen atoms in total. The number of nitriles is 1. The molecule has 0 saturated carbocycles. The molecule has 1 aromatic rings. The topological polar surface area (TPSA) is 92.1 Å². The van der Waals surface area contributed by atoms with Crippen molar-refractivity contribution >= 4 is 11.9 Å². The summed E-state index contributed by atoms with van der Waals surface area (Å²) in [6.45, 7) is 1.70. The molecular weight excluding hydrogens is 246 g/mol. The van der Waals surface area contributed by atoms with Crippen molar-refractivity contribution in [1.82, 2.24) is 10.3 Å². The molecule has 6 heteroatoms. The minimum atomic E-state index is -0.850. The van der Waals surface area contributed by atoms with Crippen LogP contribution in [0, 0.1) is 17.2 Å². The van der Waals surface area contributed by atoms with Crippen molar-refractivity contribution in [3.05, 3.63) is 30.1 Å². The van der Waals surface area contributed by atoms with E-state index in [0.717, 1.165) is 0 Å². The van der Waals surface area contributed by atoms with Crippen LogP contribution in [0.3, 0.4) is 0 Å². The fourth-order valence-electron chi connectivity index (χ4n) is 1.54. The Kier molecular flexibility index (Phi) is 5.48. The van der Waals surface area contributed by atoms with Crippen LogP contribution in [0.25, 0.3) is 0 Å². The molecule has 1 heterocycles. The highest BCUT2D eigenvalue weighted by molar-refractivity contribution is 5.96. The van der Waals surface area contributed by atoms with Crippen LogP contribution in [0.4, 0.5) is 0 Å². The number of hydrogen-bond acceptors (Lipinski definition) is 5. The van der Waals surface area contributed by atoms with Crippen LogP contribution in [-0.2, 0) is 9.53 Å². The molecule has 0 fully saturated rings. The Morgan fingerprint density at radius 3 is 2.84 bits per heavy atom. The number of carbonyl (C=O) groups excluding carboxylic acids is 2. The second-order valence-electron chi connectivity index (χ2n) is 4.06. The molecule has 1 amide bonds. The van der Waals surface area contributed by atoms with E-state index in [-0.39, 0.29) is 12.3 Å². The molecule has 0 bridgehead atoms. The lowest BCUT2D eigenvalue weighted by molar-refractivity contribution is -0.144. The molecular formula is C13H15N3O3. The van der Waals surface area contributed by atoms with Crippen molar-refractivity contribution in [2.45, 2.75) is 19.4 Å². The van der Waals surface area contributed by atoms with Gasteiger partial charge in [-0.15, -0.1) is 0 Å².